The van der Waals surface area contributed by atoms with Gasteiger partial charge in [0, 0.05) is 18.7 Å². The molecular formula is C9H17N7O. The van der Waals surface area contributed by atoms with Gasteiger partial charge in [-0.15, -0.1) is 0 Å². The average molecular weight is 239 g/mol. The highest BCUT2D eigenvalue weighted by molar-refractivity contribution is 5.71. The SMILES string of the molecule is CCc1c(NN)ncnc1NCCNC(N)=O. The van der Waals surface area contributed by atoms with Crippen LogP contribution in [0.4, 0.5) is 16.4 Å². The van der Waals surface area contributed by atoms with Gasteiger partial charge in [0.25, 0.3) is 0 Å². The number of nitrogens with two attached hydrogens (primary N) is 2. The van der Waals surface area contributed by atoms with Crippen molar-refractivity contribution in [2.75, 3.05) is 23.8 Å². The van der Waals surface area contributed by atoms with Crippen LogP contribution in [0.5, 0.6) is 0 Å². The van der Waals surface area contributed by atoms with Crippen LogP contribution in [-0.2, 0) is 6.42 Å². The number of nitrogens with zero attached hydrogens (tertiary/aromatic N) is 2. The number of anilines is 2. The third-order valence-corrected chi connectivity index (χ3v) is 2.15. The largest absolute Gasteiger partial charge is 0.368 e. The molecule has 0 saturated heterocycles. The quantitative estimate of drug-likeness (QED) is 0.256. The van der Waals surface area contributed by atoms with E-state index in [1.807, 2.05) is 6.92 Å². The maximum Gasteiger partial charge on any atom is 0.312 e. The third kappa shape index (κ3) is 3.76. The van der Waals surface area contributed by atoms with E-state index >= 15 is 0 Å². The molecule has 0 unspecified atom stereocenters. The second-order valence-corrected chi connectivity index (χ2v) is 3.27. The molecule has 94 valence electrons. The number of hydrogen-bond donors (Lipinski definition) is 5. The number of urea groups is 1. The minimum atomic E-state index is -0.547. The second-order valence-electron chi connectivity index (χ2n) is 3.27. The van der Waals surface area contributed by atoms with Gasteiger partial charge in [-0.1, -0.05) is 6.92 Å². The Balaban J connectivity index is 2.60. The number of nitrogen functional groups attached to an aromatic ring is 1. The zero-order chi connectivity index (χ0) is 12.7. The van der Waals surface area contributed by atoms with Crippen molar-refractivity contribution in [3.05, 3.63) is 11.9 Å². The van der Waals surface area contributed by atoms with E-state index < -0.39 is 6.03 Å². The van der Waals surface area contributed by atoms with Crippen molar-refractivity contribution in [2.45, 2.75) is 13.3 Å². The molecule has 0 aliphatic heterocycles. The molecule has 0 radical (unpaired) electrons. The molecule has 8 heteroatoms. The zero-order valence-electron chi connectivity index (χ0n) is 9.66. The first-order valence-corrected chi connectivity index (χ1v) is 5.26. The molecule has 1 heterocycles. The molecule has 0 bridgehead atoms. The van der Waals surface area contributed by atoms with Crippen LogP contribution in [0.3, 0.4) is 0 Å². The normalized spacial score (nSPS) is 9.76. The van der Waals surface area contributed by atoms with Gasteiger partial charge in [-0.05, 0) is 6.42 Å². The summed E-state index contributed by atoms with van der Waals surface area (Å²) >= 11 is 0. The maximum atomic E-state index is 10.5. The monoisotopic (exact) mass is 239 g/mol. The summed E-state index contributed by atoms with van der Waals surface area (Å²) in [7, 11) is 0. The maximum absolute atomic E-state index is 10.5. The van der Waals surface area contributed by atoms with Crippen molar-refractivity contribution in [1.29, 1.82) is 0 Å². The first-order valence-electron chi connectivity index (χ1n) is 5.26. The molecular weight excluding hydrogens is 222 g/mol. The van der Waals surface area contributed by atoms with Crippen molar-refractivity contribution in [3.8, 4) is 0 Å². The van der Waals surface area contributed by atoms with Crippen LogP contribution in [0.1, 0.15) is 12.5 Å². The lowest BCUT2D eigenvalue weighted by Gasteiger charge is -2.12. The average Bonchev–Trinajstić information content (AvgIpc) is 2.33. The van der Waals surface area contributed by atoms with Crippen molar-refractivity contribution < 1.29 is 4.79 Å². The van der Waals surface area contributed by atoms with Gasteiger partial charge in [0.2, 0.25) is 0 Å². The van der Waals surface area contributed by atoms with Gasteiger partial charge in [-0.2, -0.15) is 0 Å². The molecule has 0 aromatic carbocycles. The van der Waals surface area contributed by atoms with Gasteiger partial charge < -0.3 is 21.8 Å². The molecule has 0 aliphatic carbocycles. The minimum Gasteiger partial charge on any atom is -0.368 e. The second kappa shape index (κ2) is 6.48. The molecule has 0 spiro atoms. The topological polar surface area (TPSA) is 131 Å². The number of hydrazine groups is 1. The van der Waals surface area contributed by atoms with Crippen molar-refractivity contribution >= 4 is 17.7 Å². The summed E-state index contributed by atoms with van der Waals surface area (Å²) in [6.45, 7) is 2.93. The Hall–Kier alpha value is -2.09. The lowest BCUT2D eigenvalue weighted by atomic mass is 10.2. The number of carbonyl (C=O) groups is 1. The summed E-state index contributed by atoms with van der Waals surface area (Å²) < 4.78 is 0. The van der Waals surface area contributed by atoms with Crippen LogP contribution in [-0.4, -0.2) is 29.1 Å². The molecule has 0 saturated carbocycles. The molecule has 0 fully saturated rings. The first kappa shape index (κ1) is 13.0. The van der Waals surface area contributed by atoms with E-state index in [1.54, 1.807) is 0 Å². The zero-order valence-corrected chi connectivity index (χ0v) is 9.66. The van der Waals surface area contributed by atoms with E-state index in [2.05, 4.69) is 26.0 Å². The van der Waals surface area contributed by atoms with Crippen molar-refractivity contribution in [3.63, 3.8) is 0 Å². The van der Waals surface area contributed by atoms with E-state index in [1.165, 1.54) is 6.33 Å². The molecule has 7 N–H and O–H groups in total. The first-order chi connectivity index (χ1) is 8.19. The van der Waals surface area contributed by atoms with Gasteiger partial charge in [0.1, 0.15) is 18.0 Å². The molecule has 1 aromatic rings. The van der Waals surface area contributed by atoms with Crippen LogP contribution in [0.2, 0.25) is 0 Å². The fourth-order valence-electron chi connectivity index (χ4n) is 1.39. The summed E-state index contributed by atoms with van der Waals surface area (Å²) in [6.07, 6.45) is 2.16. The van der Waals surface area contributed by atoms with E-state index in [0.29, 0.717) is 24.7 Å². The Morgan fingerprint density at radius 2 is 2.06 bits per heavy atom. The van der Waals surface area contributed by atoms with Gasteiger partial charge in [-0.3, -0.25) is 0 Å². The molecule has 1 aromatic heterocycles. The Labute approximate surface area is 99.2 Å². The summed E-state index contributed by atoms with van der Waals surface area (Å²) in [4.78, 5) is 18.6. The van der Waals surface area contributed by atoms with E-state index in [-0.39, 0.29) is 0 Å². The van der Waals surface area contributed by atoms with Crippen molar-refractivity contribution in [1.82, 2.24) is 15.3 Å². The van der Waals surface area contributed by atoms with Gasteiger partial charge >= 0.3 is 6.03 Å². The molecule has 8 nitrogen and oxygen atoms in total. The highest BCUT2D eigenvalue weighted by Gasteiger charge is 2.07. The number of rotatable bonds is 6. The lowest BCUT2D eigenvalue weighted by Crippen LogP contribution is -2.33. The number of aromatic nitrogens is 2. The van der Waals surface area contributed by atoms with Crippen molar-refractivity contribution in [2.24, 2.45) is 11.6 Å². The number of amides is 2. The van der Waals surface area contributed by atoms with Crippen LogP contribution >= 0.6 is 0 Å². The highest BCUT2D eigenvalue weighted by atomic mass is 16.2. The Morgan fingerprint density at radius 3 is 2.65 bits per heavy atom. The summed E-state index contributed by atoms with van der Waals surface area (Å²) in [5.41, 5.74) is 8.36. The van der Waals surface area contributed by atoms with Gasteiger partial charge in [0.05, 0.1) is 0 Å². The Kier molecular flexibility index (Phi) is 4.95. The minimum absolute atomic E-state index is 0.424. The lowest BCUT2D eigenvalue weighted by molar-refractivity contribution is 0.249. The molecule has 0 atom stereocenters. The smallest absolute Gasteiger partial charge is 0.312 e. The van der Waals surface area contributed by atoms with Crippen LogP contribution in [0.25, 0.3) is 0 Å². The number of hydrogen-bond acceptors (Lipinski definition) is 6. The number of nitrogens with one attached hydrogen (secondary N) is 3. The van der Waals surface area contributed by atoms with Crippen LogP contribution in [0.15, 0.2) is 6.33 Å². The molecule has 2 amide bonds. The Morgan fingerprint density at radius 1 is 1.35 bits per heavy atom. The summed E-state index contributed by atoms with van der Waals surface area (Å²) in [6, 6.07) is -0.547. The predicted molar refractivity (Wildman–Crippen MR) is 65.3 cm³/mol. The van der Waals surface area contributed by atoms with Gasteiger partial charge in [-0.25, -0.2) is 20.6 Å². The number of primary amides is 1. The molecule has 17 heavy (non-hydrogen) atoms. The molecule has 1 rings (SSSR count). The summed E-state index contributed by atoms with van der Waals surface area (Å²) in [5.74, 6) is 6.63. The highest BCUT2D eigenvalue weighted by Crippen LogP contribution is 2.18. The molecule has 0 aliphatic rings. The number of carbonyl (C=O) groups excluding carboxylic acids is 1. The fraction of sp³-hybridized carbons (Fsp3) is 0.444. The standard InChI is InChI=1S/C9H17N7O/c1-2-6-7(12-3-4-13-9(10)17)14-5-15-8(6)16-11/h5H,2-4,11H2,1H3,(H3,10,13,17)(H2,12,14,15,16). The fourth-order valence-corrected chi connectivity index (χ4v) is 1.39. The van der Waals surface area contributed by atoms with E-state index in [9.17, 15) is 4.79 Å². The summed E-state index contributed by atoms with van der Waals surface area (Å²) in [5, 5.41) is 5.55. The van der Waals surface area contributed by atoms with E-state index in [4.69, 9.17) is 11.6 Å². The third-order valence-electron chi connectivity index (χ3n) is 2.15. The van der Waals surface area contributed by atoms with E-state index in [0.717, 1.165) is 12.0 Å². The van der Waals surface area contributed by atoms with Crippen LogP contribution < -0.4 is 27.6 Å². The van der Waals surface area contributed by atoms with Gasteiger partial charge in [0.15, 0.2) is 0 Å². The van der Waals surface area contributed by atoms with Crippen LogP contribution in [0, 0.1) is 0 Å². The Bertz CT molecular complexity index is 382. The predicted octanol–water partition coefficient (Wildman–Crippen LogP) is -0.595.